The standard InChI is InChI=1S/C20H19F4NO4/c1-27-16-8-6-13(12-17(16)29-20(23)24)10-11-25-18(26)9-7-14-4-2-3-5-15(14)28-19(21)22/h2-9,12,19-20H,10-11H2,1H3,(H,25,26)/b9-7+. The number of carbonyl (C=O) groups excluding carboxylic acids is 1. The number of amides is 1. The topological polar surface area (TPSA) is 56.8 Å². The Kier molecular flexibility index (Phi) is 8.32. The first kappa shape index (κ1) is 22.1. The molecule has 2 rings (SSSR count). The van der Waals surface area contributed by atoms with E-state index in [0.29, 0.717) is 17.5 Å². The molecule has 1 amide bonds. The van der Waals surface area contributed by atoms with Crippen LogP contribution in [0.5, 0.6) is 17.2 Å². The maximum absolute atomic E-state index is 12.5. The fourth-order valence-corrected chi connectivity index (χ4v) is 2.44. The van der Waals surface area contributed by atoms with Crippen molar-refractivity contribution in [3.63, 3.8) is 0 Å². The number of rotatable bonds is 10. The zero-order valence-electron chi connectivity index (χ0n) is 15.4. The molecule has 2 aromatic rings. The lowest BCUT2D eigenvalue weighted by molar-refractivity contribution is -0.116. The molecule has 0 aliphatic rings. The molecule has 0 radical (unpaired) electrons. The van der Waals surface area contributed by atoms with Crippen LogP contribution in [0.1, 0.15) is 11.1 Å². The second-order valence-corrected chi connectivity index (χ2v) is 5.65. The molecule has 156 valence electrons. The Labute approximate surface area is 164 Å². The van der Waals surface area contributed by atoms with Crippen molar-refractivity contribution in [3.05, 3.63) is 59.7 Å². The highest BCUT2D eigenvalue weighted by molar-refractivity contribution is 5.92. The van der Waals surface area contributed by atoms with Crippen LogP contribution in [0.4, 0.5) is 17.6 Å². The second kappa shape index (κ2) is 10.9. The Morgan fingerprint density at radius 2 is 1.69 bits per heavy atom. The van der Waals surface area contributed by atoms with Crippen LogP contribution in [0.3, 0.4) is 0 Å². The van der Waals surface area contributed by atoms with Gasteiger partial charge >= 0.3 is 13.2 Å². The van der Waals surface area contributed by atoms with Gasteiger partial charge in [0.2, 0.25) is 5.91 Å². The monoisotopic (exact) mass is 413 g/mol. The maximum Gasteiger partial charge on any atom is 0.387 e. The highest BCUT2D eigenvalue weighted by atomic mass is 19.3. The van der Waals surface area contributed by atoms with Gasteiger partial charge in [0.15, 0.2) is 11.5 Å². The molecule has 1 N–H and O–H groups in total. The Balaban J connectivity index is 1.91. The molecule has 9 heteroatoms. The van der Waals surface area contributed by atoms with E-state index >= 15 is 0 Å². The van der Waals surface area contributed by atoms with E-state index in [1.54, 1.807) is 12.1 Å². The number of methoxy groups -OCH3 is 1. The molecule has 0 atom stereocenters. The highest BCUT2D eigenvalue weighted by Gasteiger charge is 2.11. The minimum atomic E-state index is -2.99. The molecule has 0 unspecified atom stereocenters. The van der Waals surface area contributed by atoms with Gasteiger partial charge in [-0.2, -0.15) is 17.6 Å². The third-order valence-corrected chi connectivity index (χ3v) is 3.71. The van der Waals surface area contributed by atoms with Crippen molar-refractivity contribution >= 4 is 12.0 Å². The first-order chi connectivity index (χ1) is 13.9. The van der Waals surface area contributed by atoms with E-state index in [4.69, 9.17) is 4.74 Å². The third kappa shape index (κ3) is 7.36. The predicted octanol–water partition coefficient (Wildman–Crippen LogP) is 4.27. The van der Waals surface area contributed by atoms with Gasteiger partial charge in [-0.1, -0.05) is 24.3 Å². The van der Waals surface area contributed by atoms with Gasteiger partial charge in [0.1, 0.15) is 5.75 Å². The summed E-state index contributed by atoms with van der Waals surface area (Å²) in [5, 5.41) is 2.62. The van der Waals surface area contributed by atoms with Crippen molar-refractivity contribution in [3.8, 4) is 17.2 Å². The van der Waals surface area contributed by atoms with Crippen molar-refractivity contribution < 1.29 is 36.6 Å². The minimum Gasteiger partial charge on any atom is -0.493 e. The van der Waals surface area contributed by atoms with Crippen LogP contribution in [0.2, 0.25) is 0 Å². The first-order valence-electron chi connectivity index (χ1n) is 8.50. The normalized spacial score (nSPS) is 11.1. The van der Waals surface area contributed by atoms with Gasteiger partial charge in [0.25, 0.3) is 0 Å². The van der Waals surface area contributed by atoms with Crippen LogP contribution in [-0.2, 0) is 11.2 Å². The Bertz CT molecular complexity index is 843. The zero-order chi connectivity index (χ0) is 21.2. The molecule has 5 nitrogen and oxygen atoms in total. The zero-order valence-corrected chi connectivity index (χ0v) is 15.4. The van der Waals surface area contributed by atoms with E-state index < -0.39 is 19.1 Å². The quantitative estimate of drug-likeness (QED) is 0.467. The number of hydrogen-bond donors (Lipinski definition) is 1. The smallest absolute Gasteiger partial charge is 0.387 e. The molecular weight excluding hydrogens is 394 g/mol. The summed E-state index contributed by atoms with van der Waals surface area (Å²) in [4.78, 5) is 11.9. The summed E-state index contributed by atoms with van der Waals surface area (Å²) < 4.78 is 63.4. The average molecular weight is 413 g/mol. The second-order valence-electron chi connectivity index (χ2n) is 5.65. The summed E-state index contributed by atoms with van der Waals surface area (Å²) in [5.41, 5.74) is 0.980. The number of hydrogen-bond acceptors (Lipinski definition) is 4. The fourth-order valence-electron chi connectivity index (χ4n) is 2.44. The van der Waals surface area contributed by atoms with E-state index in [0.717, 1.165) is 0 Å². The van der Waals surface area contributed by atoms with Crippen molar-refractivity contribution in [2.45, 2.75) is 19.6 Å². The number of alkyl halides is 4. The van der Waals surface area contributed by atoms with Crippen LogP contribution in [0.15, 0.2) is 48.5 Å². The summed E-state index contributed by atoms with van der Waals surface area (Å²) in [6.07, 6.45) is 2.90. The van der Waals surface area contributed by atoms with E-state index in [1.807, 2.05) is 0 Å². The molecule has 0 saturated carbocycles. The van der Waals surface area contributed by atoms with Gasteiger partial charge < -0.3 is 19.5 Å². The summed E-state index contributed by atoms with van der Waals surface area (Å²) in [6.45, 7) is -5.73. The van der Waals surface area contributed by atoms with Crippen LogP contribution in [0, 0.1) is 0 Å². The van der Waals surface area contributed by atoms with Gasteiger partial charge in [0, 0.05) is 18.2 Å². The van der Waals surface area contributed by atoms with E-state index in [9.17, 15) is 22.4 Å². The molecule has 0 heterocycles. The average Bonchev–Trinajstić information content (AvgIpc) is 2.66. The molecule has 0 saturated heterocycles. The van der Waals surface area contributed by atoms with Gasteiger partial charge in [0.05, 0.1) is 7.11 Å². The van der Waals surface area contributed by atoms with Crippen molar-refractivity contribution in [2.75, 3.05) is 13.7 Å². The number of carbonyl (C=O) groups is 1. The van der Waals surface area contributed by atoms with Crippen molar-refractivity contribution in [1.82, 2.24) is 5.32 Å². The van der Waals surface area contributed by atoms with Gasteiger partial charge in [-0.15, -0.1) is 0 Å². The van der Waals surface area contributed by atoms with Crippen molar-refractivity contribution in [1.29, 1.82) is 0 Å². The molecular formula is C20H19F4NO4. The SMILES string of the molecule is COc1ccc(CCNC(=O)/C=C/c2ccccc2OC(F)F)cc1OC(F)F. The summed E-state index contributed by atoms with van der Waals surface area (Å²) in [7, 11) is 1.34. The highest BCUT2D eigenvalue weighted by Crippen LogP contribution is 2.29. The summed E-state index contributed by atoms with van der Waals surface area (Å²) in [5.74, 6) is -0.418. The molecule has 0 bridgehead atoms. The number of halogens is 4. The lowest BCUT2D eigenvalue weighted by atomic mass is 10.1. The molecule has 29 heavy (non-hydrogen) atoms. The minimum absolute atomic E-state index is 0.0451. The summed E-state index contributed by atoms with van der Waals surface area (Å²) in [6, 6.07) is 10.6. The van der Waals surface area contributed by atoms with Gasteiger partial charge in [-0.3, -0.25) is 4.79 Å². The number of para-hydroxylation sites is 1. The first-order valence-corrected chi connectivity index (χ1v) is 8.50. The lowest BCUT2D eigenvalue weighted by Gasteiger charge is -2.11. The Morgan fingerprint density at radius 3 is 2.38 bits per heavy atom. The van der Waals surface area contributed by atoms with Crippen molar-refractivity contribution in [2.24, 2.45) is 0 Å². The fraction of sp³-hybridized carbons (Fsp3) is 0.250. The number of benzene rings is 2. The number of ether oxygens (including phenoxy) is 3. The van der Waals surface area contributed by atoms with E-state index in [1.165, 1.54) is 49.6 Å². The van der Waals surface area contributed by atoms with Gasteiger partial charge in [-0.05, 0) is 36.3 Å². The molecule has 0 aromatic heterocycles. The molecule has 0 aliphatic carbocycles. The summed E-state index contributed by atoms with van der Waals surface area (Å²) >= 11 is 0. The Morgan fingerprint density at radius 1 is 1.00 bits per heavy atom. The molecule has 0 fully saturated rings. The lowest BCUT2D eigenvalue weighted by Crippen LogP contribution is -2.23. The molecule has 2 aromatic carbocycles. The molecule has 0 spiro atoms. The number of nitrogens with one attached hydrogen (secondary N) is 1. The van der Waals surface area contributed by atoms with Crippen LogP contribution >= 0.6 is 0 Å². The maximum atomic E-state index is 12.5. The van der Waals surface area contributed by atoms with Gasteiger partial charge in [-0.25, -0.2) is 0 Å². The van der Waals surface area contributed by atoms with Crippen LogP contribution < -0.4 is 19.5 Å². The predicted molar refractivity (Wildman–Crippen MR) is 98.4 cm³/mol. The third-order valence-electron chi connectivity index (χ3n) is 3.71. The van der Waals surface area contributed by atoms with Crippen LogP contribution in [-0.4, -0.2) is 32.8 Å². The molecule has 0 aliphatic heterocycles. The van der Waals surface area contributed by atoms with E-state index in [-0.39, 0.29) is 23.8 Å². The largest absolute Gasteiger partial charge is 0.493 e. The van der Waals surface area contributed by atoms with Crippen LogP contribution in [0.25, 0.3) is 6.08 Å². The Hall–Kier alpha value is -3.23. The van der Waals surface area contributed by atoms with E-state index in [2.05, 4.69) is 14.8 Å².